The van der Waals surface area contributed by atoms with Crippen molar-refractivity contribution < 1.29 is 14.6 Å². The first-order valence-electron chi connectivity index (χ1n) is 3.56. The maximum atomic E-state index is 10.6. The van der Waals surface area contributed by atoms with Crippen LogP contribution in [0.25, 0.3) is 0 Å². The Morgan fingerprint density at radius 3 is 2.64 bits per heavy atom. The summed E-state index contributed by atoms with van der Waals surface area (Å²) in [4.78, 5) is 10.6. The smallest absolute Gasteiger partial charge is 0.330 e. The molecule has 0 aromatic carbocycles. The summed E-state index contributed by atoms with van der Waals surface area (Å²) in [7, 11) is 1.31. The second-order valence-electron chi connectivity index (χ2n) is 2.34. The predicted molar refractivity (Wildman–Crippen MR) is 42.1 cm³/mol. The highest BCUT2D eigenvalue weighted by molar-refractivity contribution is 5.82. The average molecular weight is 158 g/mol. The second kappa shape index (κ2) is 4.91. The van der Waals surface area contributed by atoms with Gasteiger partial charge in [0.25, 0.3) is 0 Å². The van der Waals surface area contributed by atoms with Crippen LogP contribution in [0.1, 0.15) is 20.3 Å². The lowest BCUT2D eigenvalue weighted by atomic mass is 10.1. The van der Waals surface area contributed by atoms with Gasteiger partial charge in [-0.3, -0.25) is 0 Å². The predicted octanol–water partition coefficient (Wildman–Crippen LogP) is 0.877. The second-order valence-corrected chi connectivity index (χ2v) is 2.34. The van der Waals surface area contributed by atoms with Crippen LogP contribution in [0.5, 0.6) is 0 Å². The first kappa shape index (κ1) is 10.2. The molecule has 0 bridgehead atoms. The standard InChI is InChI=1S/C8H14O3/c1-4-7(9)6(2)5-8(10)11-3/h5,7,9H,4H2,1-3H3/b6-5+/t7-/m0/s1. The number of carbonyl (C=O) groups excluding carboxylic acids is 1. The van der Waals surface area contributed by atoms with Crippen molar-refractivity contribution in [3.05, 3.63) is 11.6 Å². The van der Waals surface area contributed by atoms with Gasteiger partial charge in [0, 0.05) is 6.08 Å². The molecule has 0 radical (unpaired) electrons. The molecular formula is C8H14O3. The fourth-order valence-electron chi connectivity index (χ4n) is 0.663. The Bertz CT molecular complexity index is 161. The maximum Gasteiger partial charge on any atom is 0.330 e. The van der Waals surface area contributed by atoms with E-state index < -0.39 is 12.1 Å². The van der Waals surface area contributed by atoms with Gasteiger partial charge in [0.2, 0.25) is 0 Å². The van der Waals surface area contributed by atoms with Crippen molar-refractivity contribution in [2.24, 2.45) is 0 Å². The van der Waals surface area contributed by atoms with Crippen LogP contribution in [-0.2, 0) is 9.53 Å². The number of ether oxygens (including phenoxy) is 1. The highest BCUT2D eigenvalue weighted by Crippen LogP contribution is 2.04. The molecule has 0 fully saturated rings. The third-order valence-electron chi connectivity index (χ3n) is 1.46. The van der Waals surface area contributed by atoms with Crippen LogP contribution in [0.4, 0.5) is 0 Å². The summed E-state index contributed by atoms with van der Waals surface area (Å²) in [5, 5.41) is 9.19. The van der Waals surface area contributed by atoms with E-state index in [1.165, 1.54) is 13.2 Å². The zero-order chi connectivity index (χ0) is 8.85. The summed E-state index contributed by atoms with van der Waals surface area (Å²) in [5.74, 6) is -0.421. The van der Waals surface area contributed by atoms with Crippen molar-refractivity contribution in [1.29, 1.82) is 0 Å². The molecule has 0 rings (SSSR count). The minimum absolute atomic E-state index is 0.421. The van der Waals surface area contributed by atoms with Gasteiger partial charge in [0.1, 0.15) is 0 Å². The normalized spacial score (nSPS) is 14.4. The summed E-state index contributed by atoms with van der Waals surface area (Å²) < 4.78 is 4.39. The van der Waals surface area contributed by atoms with Gasteiger partial charge in [-0.05, 0) is 18.9 Å². The van der Waals surface area contributed by atoms with Crippen LogP contribution in [0.15, 0.2) is 11.6 Å². The van der Waals surface area contributed by atoms with Crippen LogP contribution >= 0.6 is 0 Å². The van der Waals surface area contributed by atoms with E-state index in [-0.39, 0.29) is 0 Å². The number of aliphatic hydroxyl groups is 1. The van der Waals surface area contributed by atoms with E-state index in [0.29, 0.717) is 12.0 Å². The topological polar surface area (TPSA) is 46.5 Å². The monoisotopic (exact) mass is 158 g/mol. The van der Waals surface area contributed by atoms with Crippen molar-refractivity contribution in [3.8, 4) is 0 Å². The molecule has 11 heavy (non-hydrogen) atoms. The van der Waals surface area contributed by atoms with Crippen LogP contribution in [0, 0.1) is 0 Å². The van der Waals surface area contributed by atoms with Gasteiger partial charge in [0.15, 0.2) is 0 Å². The Morgan fingerprint density at radius 2 is 2.27 bits per heavy atom. The van der Waals surface area contributed by atoms with Crippen LogP contribution in [0.2, 0.25) is 0 Å². The SMILES string of the molecule is CC[C@H](O)/C(C)=C/C(=O)OC. The Labute approximate surface area is 66.7 Å². The lowest BCUT2D eigenvalue weighted by Gasteiger charge is -2.06. The zero-order valence-electron chi connectivity index (χ0n) is 7.13. The van der Waals surface area contributed by atoms with Crippen molar-refractivity contribution in [2.45, 2.75) is 26.4 Å². The van der Waals surface area contributed by atoms with E-state index in [9.17, 15) is 9.90 Å². The molecule has 0 saturated carbocycles. The van der Waals surface area contributed by atoms with Crippen molar-refractivity contribution >= 4 is 5.97 Å². The highest BCUT2D eigenvalue weighted by Gasteiger charge is 2.04. The highest BCUT2D eigenvalue weighted by atomic mass is 16.5. The number of rotatable bonds is 3. The summed E-state index contributed by atoms with van der Waals surface area (Å²) in [5.41, 5.74) is 0.638. The van der Waals surface area contributed by atoms with Crippen molar-refractivity contribution in [1.82, 2.24) is 0 Å². The van der Waals surface area contributed by atoms with Gasteiger partial charge in [-0.2, -0.15) is 0 Å². The number of hydrogen-bond donors (Lipinski definition) is 1. The minimum atomic E-state index is -0.533. The van der Waals surface area contributed by atoms with Gasteiger partial charge >= 0.3 is 5.97 Å². The molecule has 64 valence electrons. The number of hydrogen-bond acceptors (Lipinski definition) is 3. The minimum Gasteiger partial charge on any atom is -0.466 e. The van der Waals surface area contributed by atoms with Gasteiger partial charge in [-0.1, -0.05) is 6.92 Å². The summed E-state index contributed by atoms with van der Waals surface area (Å²) >= 11 is 0. The lowest BCUT2D eigenvalue weighted by molar-refractivity contribution is -0.134. The molecular weight excluding hydrogens is 144 g/mol. The van der Waals surface area contributed by atoms with Crippen LogP contribution in [-0.4, -0.2) is 24.3 Å². The molecule has 0 saturated heterocycles. The quantitative estimate of drug-likeness (QED) is 0.490. The molecule has 0 unspecified atom stereocenters. The summed E-state index contributed by atoms with van der Waals surface area (Å²) in [6, 6.07) is 0. The van der Waals surface area contributed by atoms with Gasteiger partial charge in [0.05, 0.1) is 13.2 Å². The number of esters is 1. The Morgan fingerprint density at radius 1 is 1.73 bits per heavy atom. The molecule has 3 nitrogen and oxygen atoms in total. The average Bonchev–Trinajstić information content (AvgIpc) is 2.02. The van der Waals surface area contributed by atoms with E-state index in [1.807, 2.05) is 6.92 Å². The molecule has 3 heteroatoms. The van der Waals surface area contributed by atoms with E-state index in [1.54, 1.807) is 6.92 Å². The summed E-state index contributed by atoms with van der Waals surface area (Å²) in [6.07, 6.45) is 1.38. The molecule has 0 aliphatic heterocycles. The molecule has 0 aliphatic carbocycles. The van der Waals surface area contributed by atoms with Gasteiger partial charge in [-0.15, -0.1) is 0 Å². The number of carbonyl (C=O) groups is 1. The molecule has 0 aromatic rings. The molecule has 0 aromatic heterocycles. The molecule has 0 amide bonds. The Balaban J connectivity index is 4.09. The number of methoxy groups -OCH3 is 1. The van der Waals surface area contributed by atoms with E-state index in [2.05, 4.69) is 4.74 Å². The molecule has 0 aliphatic rings. The third kappa shape index (κ3) is 3.78. The van der Waals surface area contributed by atoms with E-state index in [4.69, 9.17) is 0 Å². The van der Waals surface area contributed by atoms with Gasteiger partial charge < -0.3 is 9.84 Å². The fourth-order valence-corrected chi connectivity index (χ4v) is 0.663. The number of aliphatic hydroxyl groups excluding tert-OH is 1. The third-order valence-corrected chi connectivity index (χ3v) is 1.46. The van der Waals surface area contributed by atoms with Crippen LogP contribution in [0.3, 0.4) is 0 Å². The van der Waals surface area contributed by atoms with Crippen molar-refractivity contribution in [2.75, 3.05) is 7.11 Å². The van der Waals surface area contributed by atoms with Crippen LogP contribution < -0.4 is 0 Å². The summed E-state index contributed by atoms with van der Waals surface area (Å²) in [6.45, 7) is 3.55. The first-order valence-corrected chi connectivity index (χ1v) is 3.56. The first-order chi connectivity index (χ1) is 5.11. The van der Waals surface area contributed by atoms with E-state index >= 15 is 0 Å². The maximum absolute atomic E-state index is 10.6. The largest absolute Gasteiger partial charge is 0.466 e. The lowest BCUT2D eigenvalue weighted by Crippen LogP contribution is -2.08. The zero-order valence-corrected chi connectivity index (χ0v) is 7.13. The molecule has 1 atom stereocenters. The Hall–Kier alpha value is -0.830. The molecule has 0 spiro atoms. The Kier molecular flexibility index (Phi) is 4.54. The van der Waals surface area contributed by atoms with Gasteiger partial charge in [-0.25, -0.2) is 4.79 Å². The molecule has 1 N–H and O–H groups in total. The van der Waals surface area contributed by atoms with Crippen molar-refractivity contribution in [3.63, 3.8) is 0 Å². The fraction of sp³-hybridized carbons (Fsp3) is 0.625. The van der Waals surface area contributed by atoms with E-state index in [0.717, 1.165) is 0 Å². The molecule has 0 heterocycles.